The number of methoxy groups -OCH3 is 1. The topological polar surface area (TPSA) is 18.5 Å². The zero-order valence-corrected chi connectivity index (χ0v) is 10.3. The maximum atomic E-state index is 12.9. The first-order chi connectivity index (χ1) is 7.67. The van der Waals surface area contributed by atoms with Crippen molar-refractivity contribution < 1.29 is 13.9 Å². The van der Waals surface area contributed by atoms with E-state index in [0.29, 0.717) is 17.9 Å². The van der Waals surface area contributed by atoms with Gasteiger partial charge in [-0.15, -0.1) is 11.6 Å². The monoisotopic (exact) mass is 246 g/mol. The Morgan fingerprint density at radius 1 is 1.44 bits per heavy atom. The third-order valence-electron chi connectivity index (χ3n) is 2.22. The third-order valence-corrected chi connectivity index (χ3v) is 2.51. The number of hydrogen-bond acceptors (Lipinski definition) is 2. The van der Waals surface area contributed by atoms with Crippen molar-refractivity contribution in [2.24, 2.45) is 0 Å². The number of ether oxygens (including phenoxy) is 2. The van der Waals surface area contributed by atoms with Crippen molar-refractivity contribution >= 4 is 11.6 Å². The molecule has 0 aliphatic heterocycles. The average Bonchev–Trinajstić information content (AvgIpc) is 2.28. The molecule has 0 aromatic heterocycles. The molecule has 0 aliphatic carbocycles. The number of halogens is 2. The Balaban J connectivity index is 2.65. The minimum atomic E-state index is -0.299. The fourth-order valence-electron chi connectivity index (χ4n) is 1.33. The minimum Gasteiger partial charge on any atom is -0.490 e. The summed E-state index contributed by atoms with van der Waals surface area (Å²) in [4.78, 5) is 0. The molecule has 16 heavy (non-hydrogen) atoms. The summed E-state index contributed by atoms with van der Waals surface area (Å²) in [5, 5.41) is 0. The van der Waals surface area contributed by atoms with Gasteiger partial charge in [0.05, 0.1) is 12.0 Å². The third kappa shape index (κ3) is 3.99. The number of rotatable bonds is 6. The van der Waals surface area contributed by atoms with Crippen LogP contribution in [-0.4, -0.2) is 19.8 Å². The molecule has 1 rings (SSSR count). The summed E-state index contributed by atoms with van der Waals surface area (Å²) < 4.78 is 23.6. The van der Waals surface area contributed by atoms with Crippen LogP contribution in [0.15, 0.2) is 18.2 Å². The van der Waals surface area contributed by atoms with E-state index in [-0.39, 0.29) is 17.8 Å². The SMILES string of the molecule is COCCC(C)Oc1ccc(F)cc1CCl. The van der Waals surface area contributed by atoms with Gasteiger partial charge in [-0.25, -0.2) is 4.39 Å². The molecular formula is C12H16ClFO2. The van der Waals surface area contributed by atoms with E-state index in [4.69, 9.17) is 21.1 Å². The first-order valence-electron chi connectivity index (χ1n) is 5.17. The van der Waals surface area contributed by atoms with Crippen LogP contribution in [0.4, 0.5) is 4.39 Å². The molecule has 0 heterocycles. The number of benzene rings is 1. The van der Waals surface area contributed by atoms with Gasteiger partial charge in [0.2, 0.25) is 0 Å². The lowest BCUT2D eigenvalue weighted by atomic mass is 10.2. The summed E-state index contributed by atoms with van der Waals surface area (Å²) in [6.07, 6.45) is 0.808. The highest BCUT2D eigenvalue weighted by molar-refractivity contribution is 6.17. The predicted octanol–water partition coefficient (Wildman–Crippen LogP) is 3.37. The zero-order chi connectivity index (χ0) is 12.0. The van der Waals surface area contributed by atoms with Gasteiger partial charge in [-0.3, -0.25) is 0 Å². The zero-order valence-electron chi connectivity index (χ0n) is 9.50. The molecule has 0 N–H and O–H groups in total. The quantitative estimate of drug-likeness (QED) is 0.717. The van der Waals surface area contributed by atoms with Gasteiger partial charge in [0.1, 0.15) is 11.6 Å². The summed E-state index contributed by atoms with van der Waals surface area (Å²) in [6.45, 7) is 2.58. The minimum absolute atomic E-state index is 0.0207. The summed E-state index contributed by atoms with van der Waals surface area (Å²) in [7, 11) is 1.65. The van der Waals surface area contributed by atoms with E-state index in [1.807, 2.05) is 6.92 Å². The fourth-order valence-corrected chi connectivity index (χ4v) is 1.54. The summed E-state index contributed by atoms with van der Waals surface area (Å²) >= 11 is 5.72. The van der Waals surface area contributed by atoms with Crippen molar-refractivity contribution in [3.05, 3.63) is 29.6 Å². The number of alkyl halides is 1. The van der Waals surface area contributed by atoms with E-state index in [2.05, 4.69) is 0 Å². The normalized spacial score (nSPS) is 12.5. The lowest BCUT2D eigenvalue weighted by Gasteiger charge is -2.16. The Hall–Kier alpha value is -0.800. The smallest absolute Gasteiger partial charge is 0.124 e. The molecule has 0 spiro atoms. The second-order valence-electron chi connectivity index (χ2n) is 3.60. The highest BCUT2D eigenvalue weighted by atomic mass is 35.5. The Morgan fingerprint density at radius 3 is 2.81 bits per heavy atom. The van der Waals surface area contributed by atoms with Gasteiger partial charge in [0.25, 0.3) is 0 Å². The van der Waals surface area contributed by atoms with Crippen molar-refractivity contribution in [3.8, 4) is 5.75 Å². The molecule has 1 unspecified atom stereocenters. The molecule has 90 valence electrons. The van der Waals surface area contributed by atoms with Gasteiger partial charge >= 0.3 is 0 Å². The highest BCUT2D eigenvalue weighted by Crippen LogP contribution is 2.23. The maximum absolute atomic E-state index is 12.9. The van der Waals surface area contributed by atoms with Crippen LogP contribution in [-0.2, 0) is 10.6 Å². The molecule has 0 amide bonds. The highest BCUT2D eigenvalue weighted by Gasteiger charge is 2.08. The van der Waals surface area contributed by atoms with Gasteiger partial charge < -0.3 is 9.47 Å². The van der Waals surface area contributed by atoms with Crippen molar-refractivity contribution in [1.82, 2.24) is 0 Å². The van der Waals surface area contributed by atoms with Gasteiger partial charge in [-0.1, -0.05) is 0 Å². The Morgan fingerprint density at radius 2 is 2.19 bits per heavy atom. The molecule has 0 saturated carbocycles. The molecule has 0 fully saturated rings. The van der Waals surface area contributed by atoms with Crippen LogP contribution in [0.25, 0.3) is 0 Å². The van der Waals surface area contributed by atoms with Crippen molar-refractivity contribution in [2.45, 2.75) is 25.3 Å². The van der Waals surface area contributed by atoms with Crippen LogP contribution >= 0.6 is 11.6 Å². The van der Waals surface area contributed by atoms with Crippen molar-refractivity contribution in [2.75, 3.05) is 13.7 Å². The van der Waals surface area contributed by atoms with Crippen LogP contribution < -0.4 is 4.74 Å². The Bertz CT molecular complexity index is 331. The van der Waals surface area contributed by atoms with Crippen LogP contribution in [0.2, 0.25) is 0 Å². The average molecular weight is 247 g/mol. The molecular weight excluding hydrogens is 231 g/mol. The molecule has 2 nitrogen and oxygen atoms in total. The maximum Gasteiger partial charge on any atom is 0.124 e. The van der Waals surface area contributed by atoms with E-state index in [0.717, 1.165) is 6.42 Å². The summed E-state index contributed by atoms with van der Waals surface area (Å²) in [5.74, 6) is 0.580. The van der Waals surface area contributed by atoms with Crippen LogP contribution in [0.5, 0.6) is 5.75 Å². The first kappa shape index (κ1) is 13.3. The van der Waals surface area contributed by atoms with Crippen LogP contribution in [0.3, 0.4) is 0 Å². The molecule has 1 atom stereocenters. The second-order valence-corrected chi connectivity index (χ2v) is 3.86. The Kier molecular flexibility index (Phi) is 5.56. The van der Waals surface area contributed by atoms with Crippen molar-refractivity contribution in [3.63, 3.8) is 0 Å². The predicted molar refractivity (Wildman–Crippen MR) is 62.5 cm³/mol. The van der Waals surface area contributed by atoms with E-state index >= 15 is 0 Å². The molecule has 4 heteroatoms. The fraction of sp³-hybridized carbons (Fsp3) is 0.500. The summed E-state index contributed by atoms with van der Waals surface area (Å²) in [5.41, 5.74) is 0.672. The molecule has 1 aromatic rings. The molecule has 1 aromatic carbocycles. The Labute approximate surface area is 100 Å². The van der Waals surface area contributed by atoms with Gasteiger partial charge in [0, 0.05) is 25.7 Å². The van der Waals surface area contributed by atoms with Crippen molar-refractivity contribution in [1.29, 1.82) is 0 Å². The van der Waals surface area contributed by atoms with Crippen LogP contribution in [0.1, 0.15) is 18.9 Å². The lowest BCUT2D eigenvalue weighted by molar-refractivity contribution is 0.134. The standard InChI is InChI=1S/C12H16ClFO2/c1-9(5-6-15-2)16-12-4-3-11(14)7-10(12)8-13/h3-4,7,9H,5-6,8H2,1-2H3. The van der Waals surface area contributed by atoms with Crippen LogP contribution in [0, 0.1) is 5.82 Å². The van der Waals surface area contributed by atoms with Gasteiger partial charge in [-0.05, 0) is 25.1 Å². The molecule has 0 saturated heterocycles. The van der Waals surface area contributed by atoms with Gasteiger partial charge in [0.15, 0.2) is 0 Å². The molecule has 0 aliphatic rings. The van der Waals surface area contributed by atoms with E-state index in [1.165, 1.54) is 12.1 Å². The largest absolute Gasteiger partial charge is 0.490 e. The second kappa shape index (κ2) is 6.71. The molecule has 0 radical (unpaired) electrons. The van der Waals surface area contributed by atoms with E-state index in [1.54, 1.807) is 13.2 Å². The molecule has 0 bridgehead atoms. The van der Waals surface area contributed by atoms with Gasteiger partial charge in [-0.2, -0.15) is 0 Å². The van der Waals surface area contributed by atoms with E-state index < -0.39 is 0 Å². The van der Waals surface area contributed by atoms with E-state index in [9.17, 15) is 4.39 Å². The summed E-state index contributed by atoms with van der Waals surface area (Å²) in [6, 6.07) is 4.37. The first-order valence-corrected chi connectivity index (χ1v) is 5.70. The lowest BCUT2D eigenvalue weighted by Crippen LogP contribution is -2.15. The number of hydrogen-bond donors (Lipinski definition) is 0.